The van der Waals surface area contributed by atoms with Crippen molar-refractivity contribution in [3.8, 4) is 0 Å². The van der Waals surface area contributed by atoms with Gasteiger partial charge in [0.05, 0.1) is 12.2 Å². The van der Waals surface area contributed by atoms with Crippen LogP contribution in [0, 0.1) is 0 Å². The summed E-state index contributed by atoms with van der Waals surface area (Å²) in [4.78, 5) is 2.44. The van der Waals surface area contributed by atoms with Gasteiger partial charge in [0, 0.05) is 25.9 Å². The van der Waals surface area contributed by atoms with Gasteiger partial charge in [-0.25, -0.2) is 0 Å². The van der Waals surface area contributed by atoms with Crippen LogP contribution in [-0.2, 0) is 9.47 Å². The smallest absolute Gasteiger partial charge is 0.169 e. The Morgan fingerprint density at radius 1 is 0.489 bits per heavy atom. The van der Waals surface area contributed by atoms with Crippen LogP contribution in [0.4, 0.5) is 0 Å². The Bertz CT molecular complexity index is 771. The van der Waals surface area contributed by atoms with Crippen molar-refractivity contribution in [3.05, 3.63) is 48.6 Å². The standard InChI is InChI=1S/C44H79NO2/c1-4-6-8-10-12-14-16-18-20-22-24-26-28-30-32-34-36-44(46-42-43(47-44)38-40-45(3)41-39-43)37-35-33-31-29-27-25-23-21-19-17-15-13-11-9-7-5-2/h12-15,18-21H,4-11,16-17,22-42H2,1-3H3. The van der Waals surface area contributed by atoms with Crippen molar-refractivity contribution in [1.29, 1.82) is 0 Å². The summed E-state index contributed by atoms with van der Waals surface area (Å²) < 4.78 is 13.7. The second-order valence-corrected chi connectivity index (χ2v) is 15.0. The van der Waals surface area contributed by atoms with Crippen LogP contribution in [0.25, 0.3) is 0 Å². The molecule has 0 aromatic carbocycles. The van der Waals surface area contributed by atoms with Gasteiger partial charge in [0.1, 0.15) is 0 Å². The lowest BCUT2D eigenvalue weighted by molar-refractivity contribution is -0.204. The average molecular weight is 654 g/mol. The Labute approximate surface area is 294 Å². The minimum Gasteiger partial charge on any atom is -0.347 e. The predicted molar refractivity (Wildman–Crippen MR) is 207 cm³/mol. The van der Waals surface area contributed by atoms with Gasteiger partial charge in [-0.15, -0.1) is 0 Å². The first-order valence-corrected chi connectivity index (χ1v) is 20.8. The van der Waals surface area contributed by atoms with Crippen molar-refractivity contribution in [3.63, 3.8) is 0 Å². The zero-order chi connectivity index (χ0) is 33.6. The first-order chi connectivity index (χ1) is 23.1. The maximum Gasteiger partial charge on any atom is 0.169 e. The largest absolute Gasteiger partial charge is 0.347 e. The molecular weight excluding hydrogens is 574 g/mol. The molecule has 0 saturated carbocycles. The lowest BCUT2D eigenvalue weighted by Gasteiger charge is -2.38. The van der Waals surface area contributed by atoms with Gasteiger partial charge < -0.3 is 14.4 Å². The third-order valence-electron chi connectivity index (χ3n) is 10.4. The summed E-state index contributed by atoms with van der Waals surface area (Å²) >= 11 is 0. The van der Waals surface area contributed by atoms with Crippen molar-refractivity contribution < 1.29 is 9.47 Å². The highest BCUT2D eigenvalue weighted by atomic mass is 16.8. The Kier molecular flexibility index (Phi) is 25.6. The molecule has 2 rings (SSSR count). The molecule has 2 aliphatic heterocycles. The second-order valence-electron chi connectivity index (χ2n) is 15.0. The molecule has 2 heterocycles. The number of hydrogen-bond acceptors (Lipinski definition) is 3. The topological polar surface area (TPSA) is 21.7 Å². The maximum atomic E-state index is 7.00. The normalized spacial score (nSPS) is 20.4. The number of unbranched alkanes of at least 4 members (excludes halogenated alkanes) is 18. The van der Waals surface area contributed by atoms with Gasteiger partial charge in [0.25, 0.3) is 0 Å². The van der Waals surface area contributed by atoms with E-state index in [9.17, 15) is 0 Å². The van der Waals surface area contributed by atoms with Crippen molar-refractivity contribution in [1.82, 2.24) is 4.90 Å². The quantitative estimate of drug-likeness (QED) is 0.0569. The van der Waals surface area contributed by atoms with Crippen molar-refractivity contribution in [2.24, 2.45) is 0 Å². The number of rotatable bonds is 30. The minimum absolute atomic E-state index is 0.0246. The number of nitrogens with zero attached hydrogens (tertiary/aromatic N) is 1. The lowest BCUT2D eigenvalue weighted by atomic mass is 9.92. The molecule has 0 aliphatic carbocycles. The third-order valence-corrected chi connectivity index (χ3v) is 10.4. The summed E-state index contributed by atoms with van der Waals surface area (Å²) in [5.41, 5.74) is -0.0246. The molecule has 2 saturated heterocycles. The van der Waals surface area contributed by atoms with Gasteiger partial charge in [-0.05, 0) is 96.9 Å². The van der Waals surface area contributed by atoms with Crippen LogP contribution >= 0.6 is 0 Å². The molecule has 3 heteroatoms. The van der Waals surface area contributed by atoms with Crippen molar-refractivity contribution in [2.45, 2.75) is 205 Å². The van der Waals surface area contributed by atoms with Crippen LogP contribution in [-0.4, -0.2) is 43.0 Å². The molecule has 0 radical (unpaired) electrons. The predicted octanol–water partition coefficient (Wildman–Crippen LogP) is 13.6. The molecule has 0 bridgehead atoms. The molecule has 2 fully saturated rings. The number of likely N-dealkylation sites (tertiary alicyclic amines) is 1. The molecule has 1 spiro atoms. The van der Waals surface area contributed by atoms with Gasteiger partial charge in [0.15, 0.2) is 5.79 Å². The number of ether oxygens (including phenoxy) is 2. The molecule has 0 aromatic rings. The van der Waals surface area contributed by atoms with E-state index >= 15 is 0 Å². The zero-order valence-corrected chi connectivity index (χ0v) is 31.8. The first kappa shape index (κ1) is 42.0. The van der Waals surface area contributed by atoms with E-state index in [2.05, 4.69) is 74.4 Å². The Hall–Kier alpha value is -1.16. The molecule has 2 aliphatic rings. The summed E-state index contributed by atoms with van der Waals surface area (Å²) in [6, 6.07) is 0. The highest BCUT2D eigenvalue weighted by molar-refractivity contribution is 4.95. The number of hydrogen-bond donors (Lipinski definition) is 0. The molecule has 272 valence electrons. The van der Waals surface area contributed by atoms with Crippen LogP contribution in [0.15, 0.2) is 48.6 Å². The monoisotopic (exact) mass is 654 g/mol. The fourth-order valence-electron chi connectivity index (χ4n) is 7.13. The molecule has 0 atom stereocenters. The van der Waals surface area contributed by atoms with Gasteiger partial charge in [-0.1, -0.05) is 140 Å². The van der Waals surface area contributed by atoms with Gasteiger partial charge in [-0.3, -0.25) is 0 Å². The van der Waals surface area contributed by atoms with Crippen LogP contribution in [0.1, 0.15) is 194 Å². The summed E-state index contributed by atoms with van der Waals surface area (Å²) in [5, 5.41) is 0. The highest BCUT2D eigenvalue weighted by Crippen LogP contribution is 2.43. The Morgan fingerprint density at radius 3 is 1.30 bits per heavy atom. The minimum atomic E-state index is -0.319. The maximum absolute atomic E-state index is 7.00. The van der Waals surface area contributed by atoms with Crippen molar-refractivity contribution >= 4 is 0 Å². The van der Waals surface area contributed by atoms with E-state index < -0.39 is 0 Å². The van der Waals surface area contributed by atoms with E-state index in [0.717, 1.165) is 58.2 Å². The SMILES string of the molecule is CCCCCC=CCC=CCCCCCCCCC1(CCCCCCCCC=CCC=CCCCCC)OCC2(CCN(C)CC2)O1. The van der Waals surface area contributed by atoms with E-state index in [1.165, 1.54) is 141 Å². The van der Waals surface area contributed by atoms with E-state index in [-0.39, 0.29) is 11.4 Å². The average Bonchev–Trinajstić information content (AvgIpc) is 3.43. The summed E-state index contributed by atoms with van der Waals surface area (Å²) in [6.07, 6.45) is 54.4. The van der Waals surface area contributed by atoms with Crippen LogP contribution < -0.4 is 0 Å². The summed E-state index contributed by atoms with van der Waals surface area (Å²) in [5.74, 6) is -0.319. The summed E-state index contributed by atoms with van der Waals surface area (Å²) in [6.45, 7) is 7.62. The van der Waals surface area contributed by atoms with E-state index in [0.29, 0.717) is 0 Å². The molecule has 0 N–H and O–H groups in total. The Morgan fingerprint density at radius 2 is 0.872 bits per heavy atom. The van der Waals surface area contributed by atoms with E-state index in [1.807, 2.05) is 0 Å². The third kappa shape index (κ3) is 21.5. The number of allylic oxidation sites excluding steroid dienone is 8. The van der Waals surface area contributed by atoms with Crippen LogP contribution in [0.2, 0.25) is 0 Å². The second kappa shape index (κ2) is 28.7. The van der Waals surface area contributed by atoms with Gasteiger partial charge in [-0.2, -0.15) is 0 Å². The van der Waals surface area contributed by atoms with E-state index in [1.54, 1.807) is 0 Å². The lowest BCUT2D eigenvalue weighted by Crippen LogP contribution is -2.46. The fourth-order valence-corrected chi connectivity index (χ4v) is 7.13. The molecule has 0 unspecified atom stereocenters. The van der Waals surface area contributed by atoms with Gasteiger partial charge >= 0.3 is 0 Å². The molecular formula is C44H79NO2. The molecule has 3 nitrogen and oxygen atoms in total. The summed E-state index contributed by atoms with van der Waals surface area (Å²) in [7, 11) is 2.24. The molecule has 0 amide bonds. The molecule has 0 aromatic heterocycles. The first-order valence-electron chi connectivity index (χ1n) is 20.8. The Balaban J connectivity index is 1.56. The van der Waals surface area contributed by atoms with E-state index in [4.69, 9.17) is 9.47 Å². The molecule has 47 heavy (non-hydrogen) atoms. The van der Waals surface area contributed by atoms with Crippen LogP contribution in [0.3, 0.4) is 0 Å². The van der Waals surface area contributed by atoms with Crippen LogP contribution in [0.5, 0.6) is 0 Å². The highest BCUT2D eigenvalue weighted by Gasteiger charge is 2.50. The van der Waals surface area contributed by atoms with Crippen molar-refractivity contribution in [2.75, 3.05) is 26.7 Å². The fraction of sp³-hybridized carbons (Fsp3) is 0.818. The van der Waals surface area contributed by atoms with Gasteiger partial charge in [0.2, 0.25) is 0 Å². The number of piperidine rings is 1. The zero-order valence-electron chi connectivity index (χ0n) is 31.8.